The molecule has 1 atom stereocenters. The number of amides is 1. The lowest BCUT2D eigenvalue weighted by Gasteiger charge is -2.24. The molecule has 0 bridgehead atoms. The van der Waals surface area contributed by atoms with Gasteiger partial charge in [0.05, 0.1) is 18.1 Å². The highest BCUT2D eigenvalue weighted by Crippen LogP contribution is 2.23. The maximum absolute atomic E-state index is 12.3. The normalized spacial score (nSPS) is 13.0. The third-order valence-electron chi connectivity index (χ3n) is 3.77. The minimum atomic E-state index is -0.585. The summed E-state index contributed by atoms with van der Waals surface area (Å²) in [7, 11) is 1.55. The van der Waals surface area contributed by atoms with Gasteiger partial charge < -0.3 is 15.2 Å². The van der Waals surface area contributed by atoms with Crippen LogP contribution < -0.4 is 5.32 Å². The molecule has 0 aliphatic rings. The van der Waals surface area contributed by atoms with Crippen LogP contribution >= 0.6 is 0 Å². The molecule has 0 saturated carbocycles. The highest BCUT2D eigenvalue weighted by Gasteiger charge is 2.29. The molecule has 0 aliphatic heterocycles. The van der Waals surface area contributed by atoms with Crippen molar-refractivity contribution in [3.63, 3.8) is 0 Å². The predicted molar refractivity (Wildman–Crippen MR) is 84.4 cm³/mol. The monoisotopic (exact) mass is 293 g/mol. The fraction of sp³-hybridized carbons (Fsp3) is 0.588. The van der Waals surface area contributed by atoms with E-state index in [2.05, 4.69) is 24.4 Å². The first-order valence-corrected chi connectivity index (χ1v) is 7.46. The molecule has 1 aromatic rings. The lowest BCUT2D eigenvalue weighted by atomic mass is 9.83. The van der Waals surface area contributed by atoms with Gasteiger partial charge in [0.25, 0.3) is 0 Å². The number of carbonyl (C=O) groups excluding carboxylic acids is 1. The average Bonchev–Trinajstić information content (AvgIpc) is 2.47. The summed E-state index contributed by atoms with van der Waals surface area (Å²) in [6.45, 7) is 6.67. The van der Waals surface area contributed by atoms with Crippen LogP contribution in [0.15, 0.2) is 24.3 Å². The Morgan fingerprint density at radius 3 is 2.48 bits per heavy atom. The number of aryl methyl sites for hydroxylation is 1. The van der Waals surface area contributed by atoms with E-state index < -0.39 is 11.5 Å². The van der Waals surface area contributed by atoms with Crippen molar-refractivity contribution in [2.75, 3.05) is 20.3 Å². The van der Waals surface area contributed by atoms with Crippen LogP contribution in [0.5, 0.6) is 0 Å². The smallest absolute Gasteiger partial charge is 0.230 e. The summed E-state index contributed by atoms with van der Waals surface area (Å²) in [5, 5.41) is 12.4. The summed E-state index contributed by atoms with van der Waals surface area (Å²) in [5.41, 5.74) is 1.67. The molecular weight excluding hydrogens is 266 g/mol. The van der Waals surface area contributed by atoms with Gasteiger partial charge in [-0.15, -0.1) is 0 Å². The maximum Gasteiger partial charge on any atom is 0.230 e. The minimum absolute atomic E-state index is 0.0311. The van der Waals surface area contributed by atoms with Crippen LogP contribution in [-0.4, -0.2) is 37.4 Å². The van der Waals surface area contributed by atoms with Gasteiger partial charge >= 0.3 is 0 Å². The van der Waals surface area contributed by atoms with Crippen LogP contribution in [0.3, 0.4) is 0 Å². The molecule has 21 heavy (non-hydrogen) atoms. The van der Waals surface area contributed by atoms with Gasteiger partial charge in [0.15, 0.2) is 0 Å². The standard InChI is InChI=1S/C17H27NO3/c1-5-13-6-8-14(9-7-13)17(2,3)16(20)18-11-10-15(19)12-21-4/h6-9,15,19H,5,10-12H2,1-4H3,(H,18,20). The first kappa shape index (κ1) is 17.7. The molecule has 1 amide bonds. The summed E-state index contributed by atoms with van der Waals surface area (Å²) in [6.07, 6.45) is 0.941. The second kappa shape index (κ2) is 8.15. The van der Waals surface area contributed by atoms with Crippen LogP contribution in [0.1, 0.15) is 38.3 Å². The molecule has 1 rings (SSSR count). The van der Waals surface area contributed by atoms with E-state index in [1.807, 2.05) is 26.0 Å². The topological polar surface area (TPSA) is 58.6 Å². The summed E-state index contributed by atoms with van der Waals surface area (Å²) in [6, 6.07) is 8.15. The molecule has 118 valence electrons. The molecular formula is C17H27NO3. The quantitative estimate of drug-likeness (QED) is 0.771. The second-order valence-corrected chi connectivity index (χ2v) is 5.83. The highest BCUT2D eigenvalue weighted by atomic mass is 16.5. The van der Waals surface area contributed by atoms with E-state index in [0.717, 1.165) is 12.0 Å². The fourth-order valence-electron chi connectivity index (χ4n) is 2.14. The SMILES string of the molecule is CCc1ccc(C(C)(C)C(=O)NCCC(O)COC)cc1. The summed E-state index contributed by atoms with van der Waals surface area (Å²) < 4.78 is 4.86. The van der Waals surface area contributed by atoms with Gasteiger partial charge in [0.2, 0.25) is 5.91 Å². The maximum atomic E-state index is 12.3. The van der Waals surface area contributed by atoms with Gasteiger partial charge in [-0.05, 0) is 37.8 Å². The van der Waals surface area contributed by atoms with E-state index in [-0.39, 0.29) is 12.5 Å². The molecule has 2 N–H and O–H groups in total. The minimum Gasteiger partial charge on any atom is -0.391 e. The number of ether oxygens (including phenoxy) is 1. The molecule has 4 heteroatoms. The lowest BCUT2D eigenvalue weighted by Crippen LogP contribution is -2.41. The average molecular weight is 293 g/mol. The molecule has 0 radical (unpaired) electrons. The lowest BCUT2D eigenvalue weighted by molar-refractivity contribution is -0.125. The number of benzene rings is 1. The van der Waals surface area contributed by atoms with Crippen LogP contribution in [0, 0.1) is 0 Å². The third-order valence-corrected chi connectivity index (χ3v) is 3.77. The van der Waals surface area contributed by atoms with Crippen molar-refractivity contribution in [1.82, 2.24) is 5.32 Å². The third kappa shape index (κ3) is 5.14. The number of hydrogen-bond donors (Lipinski definition) is 2. The molecule has 4 nitrogen and oxygen atoms in total. The van der Waals surface area contributed by atoms with Gasteiger partial charge in [-0.2, -0.15) is 0 Å². The van der Waals surface area contributed by atoms with Crippen LogP contribution in [0.2, 0.25) is 0 Å². The molecule has 0 saturated heterocycles. The van der Waals surface area contributed by atoms with E-state index in [1.54, 1.807) is 7.11 Å². The van der Waals surface area contributed by atoms with E-state index in [4.69, 9.17) is 4.74 Å². The molecule has 0 aliphatic carbocycles. The van der Waals surface area contributed by atoms with E-state index in [0.29, 0.717) is 13.0 Å². The molecule has 0 spiro atoms. The molecule has 0 fully saturated rings. The Morgan fingerprint density at radius 2 is 1.95 bits per heavy atom. The molecule has 1 aromatic carbocycles. The Hall–Kier alpha value is -1.39. The van der Waals surface area contributed by atoms with Crippen molar-refractivity contribution >= 4 is 5.91 Å². The van der Waals surface area contributed by atoms with Gasteiger partial charge in [-0.1, -0.05) is 31.2 Å². The van der Waals surface area contributed by atoms with Crippen molar-refractivity contribution < 1.29 is 14.6 Å². The van der Waals surface area contributed by atoms with Crippen LogP contribution in [0.25, 0.3) is 0 Å². The largest absolute Gasteiger partial charge is 0.391 e. The highest BCUT2D eigenvalue weighted by molar-refractivity contribution is 5.87. The van der Waals surface area contributed by atoms with Crippen molar-refractivity contribution in [3.8, 4) is 0 Å². The second-order valence-electron chi connectivity index (χ2n) is 5.83. The molecule has 1 unspecified atom stereocenters. The van der Waals surface area contributed by atoms with Crippen molar-refractivity contribution in [2.24, 2.45) is 0 Å². The number of aliphatic hydroxyl groups is 1. The Labute approximate surface area is 127 Å². The Kier molecular flexibility index (Phi) is 6.85. The summed E-state index contributed by atoms with van der Waals surface area (Å²) in [4.78, 5) is 12.3. The first-order chi connectivity index (χ1) is 9.91. The van der Waals surface area contributed by atoms with E-state index in [1.165, 1.54) is 5.56 Å². The first-order valence-electron chi connectivity index (χ1n) is 7.46. The van der Waals surface area contributed by atoms with E-state index >= 15 is 0 Å². The summed E-state index contributed by atoms with van der Waals surface area (Å²) in [5.74, 6) is -0.0311. The van der Waals surface area contributed by atoms with Crippen molar-refractivity contribution in [2.45, 2.75) is 45.1 Å². The van der Waals surface area contributed by atoms with Crippen molar-refractivity contribution in [1.29, 1.82) is 0 Å². The summed E-state index contributed by atoms with van der Waals surface area (Å²) >= 11 is 0. The predicted octanol–water partition coefficient (Wildman–Crippen LogP) is 2.04. The zero-order valence-electron chi connectivity index (χ0n) is 13.5. The van der Waals surface area contributed by atoms with Crippen molar-refractivity contribution in [3.05, 3.63) is 35.4 Å². The zero-order chi connectivity index (χ0) is 15.9. The van der Waals surface area contributed by atoms with Gasteiger partial charge in [-0.3, -0.25) is 4.79 Å². The number of hydrogen-bond acceptors (Lipinski definition) is 3. The number of aliphatic hydroxyl groups excluding tert-OH is 1. The molecule has 0 heterocycles. The van der Waals surface area contributed by atoms with Crippen LogP contribution in [0.4, 0.5) is 0 Å². The number of methoxy groups -OCH3 is 1. The van der Waals surface area contributed by atoms with E-state index in [9.17, 15) is 9.90 Å². The fourth-order valence-corrected chi connectivity index (χ4v) is 2.14. The molecule has 0 aromatic heterocycles. The van der Waals surface area contributed by atoms with Crippen LogP contribution in [-0.2, 0) is 21.4 Å². The Bertz CT molecular complexity index is 440. The van der Waals surface area contributed by atoms with Gasteiger partial charge in [-0.25, -0.2) is 0 Å². The number of carbonyl (C=O) groups is 1. The Balaban J connectivity index is 2.57. The zero-order valence-corrected chi connectivity index (χ0v) is 13.5. The van der Waals surface area contributed by atoms with Gasteiger partial charge in [0.1, 0.15) is 0 Å². The number of nitrogens with one attached hydrogen (secondary N) is 1. The number of rotatable bonds is 8. The van der Waals surface area contributed by atoms with Gasteiger partial charge in [0, 0.05) is 13.7 Å². The Morgan fingerprint density at radius 1 is 1.33 bits per heavy atom.